The number of rotatable bonds is 5. The highest BCUT2D eigenvalue weighted by Gasteiger charge is 2.27. The molecule has 150 valence electrons. The Balaban J connectivity index is 1.83. The highest BCUT2D eigenvalue weighted by atomic mass is 32.2. The molecular weight excluding hydrogens is 398 g/mol. The van der Waals surface area contributed by atoms with E-state index in [2.05, 4.69) is 9.47 Å². The summed E-state index contributed by atoms with van der Waals surface area (Å²) in [6, 6.07) is 11.1. The van der Waals surface area contributed by atoms with E-state index < -0.39 is 17.9 Å². The van der Waals surface area contributed by atoms with Crippen molar-refractivity contribution in [2.24, 2.45) is 0 Å². The molecule has 0 atom stereocenters. The SMILES string of the molecule is COC(=O)c1cc(OC(=O)CN2C(=O)CSc3ccccc32)cc(C(=O)OC)c1. The van der Waals surface area contributed by atoms with Crippen molar-refractivity contribution in [2.75, 3.05) is 31.4 Å². The molecule has 0 radical (unpaired) electrons. The van der Waals surface area contributed by atoms with Crippen LogP contribution in [0.2, 0.25) is 0 Å². The van der Waals surface area contributed by atoms with E-state index in [9.17, 15) is 19.2 Å². The van der Waals surface area contributed by atoms with Crippen LogP contribution in [0, 0.1) is 0 Å². The van der Waals surface area contributed by atoms with Crippen molar-refractivity contribution in [1.82, 2.24) is 0 Å². The molecule has 1 heterocycles. The van der Waals surface area contributed by atoms with Crippen LogP contribution in [0.1, 0.15) is 20.7 Å². The van der Waals surface area contributed by atoms with Crippen LogP contribution in [0.4, 0.5) is 5.69 Å². The van der Waals surface area contributed by atoms with E-state index in [1.165, 1.54) is 49.1 Å². The fourth-order valence-corrected chi connectivity index (χ4v) is 3.69. The number of fused-ring (bicyclic) bond motifs is 1. The number of hydrogen-bond donors (Lipinski definition) is 0. The van der Waals surface area contributed by atoms with Crippen LogP contribution in [0.5, 0.6) is 5.75 Å². The van der Waals surface area contributed by atoms with Gasteiger partial charge in [0.1, 0.15) is 12.3 Å². The van der Waals surface area contributed by atoms with E-state index in [0.29, 0.717) is 5.69 Å². The molecule has 0 fully saturated rings. The minimum atomic E-state index is -0.724. The standard InChI is InChI=1S/C20H17NO7S/c1-26-19(24)12-7-13(20(25)27-2)9-14(8-12)28-18(23)10-21-15-5-3-4-6-16(15)29-11-17(21)22/h3-9H,10-11H2,1-2H3. The largest absolute Gasteiger partial charge is 0.465 e. The van der Waals surface area contributed by atoms with Gasteiger partial charge in [-0.3, -0.25) is 9.69 Å². The van der Waals surface area contributed by atoms with Gasteiger partial charge in [-0.25, -0.2) is 14.4 Å². The number of carbonyl (C=O) groups excluding carboxylic acids is 4. The molecule has 2 aromatic rings. The summed E-state index contributed by atoms with van der Waals surface area (Å²) in [5.41, 5.74) is 0.673. The molecule has 0 spiro atoms. The summed E-state index contributed by atoms with van der Waals surface area (Å²) >= 11 is 1.40. The fraction of sp³-hybridized carbons (Fsp3) is 0.200. The number of nitrogens with zero attached hydrogens (tertiary/aromatic N) is 1. The molecule has 1 aliphatic rings. The van der Waals surface area contributed by atoms with Crippen molar-refractivity contribution >= 4 is 41.3 Å². The van der Waals surface area contributed by atoms with Gasteiger partial charge >= 0.3 is 17.9 Å². The van der Waals surface area contributed by atoms with Gasteiger partial charge in [-0.05, 0) is 30.3 Å². The Hall–Kier alpha value is -3.33. The molecule has 0 saturated heterocycles. The number of para-hydroxylation sites is 1. The van der Waals surface area contributed by atoms with E-state index in [0.717, 1.165) is 4.90 Å². The number of methoxy groups -OCH3 is 2. The molecule has 0 saturated carbocycles. The van der Waals surface area contributed by atoms with E-state index in [1.807, 2.05) is 12.1 Å². The van der Waals surface area contributed by atoms with E-state index >= 15 is 0 Å². The summed E-state index contributed by atoms with van der Waals surface area (Å²) in [7, 11) is 2.38. The second-order valence-electron chi connectivity index (χ2n) is 5.94. The summed E-state index contributed by atoms with van der Waals surface area (Å²) < 4.78 is 14.6. The number of esters is 3. The van der Waals surface area contributed by atoms with Crippen LogP contribution >= 0.6 is 11.8 Å². The van der Waals surface area contributed by atoms with Crippen molar-refractivity contribution in [2.45, 2.75) is 4.90 Å². The molecule has 9 heteroatoms. The van der Waals surface area contributed by atoms with Crippen molar-refractivity contribution in [1.29, 1.82) is 0 Å². The van der Waals surface area contributed by atoms with E-state index in [4.69, 9.17) is 4.74 Å². The lowest BCUT2D eigenvalue weighted by molar-refractivity contribution is -0.134. The van der Waals surface area contributed by atoms with Crippen LogP contribution in [0.3, 0.4) is 0 Å². The lowest BCUT2D eigenvalue weighted by Crippen LogP contribution is -2.40. The highest BCUT2D eigenvalue weighted by Crippen LogP contribution is 2.34. The maximum atomic E-state index is 12.5. The lowest BCUT2D eigenvalue weighted by Gasteiger charge is -2.27. The summed E-state index contributed by atoms with van der Waals surface area (Å²) in [5, 5.41) is 0. The third-order valence-corrected chi connectivity index (χ3v) is 5.12. The minimum absolute atomic E-state index is 0.0222. The number of ether oxygens (including phenoxy) is 3. The van der Waals surface area contributed by atoms with Crippen LogP contribution in [0.15, 0.2) is 47.4 Å². The van der Waals surface area contributed by atoms with Crippen LogP contribution in [-0.2, 0) is 19.1 Å². The van der Waals surface area contributed by atoms with Crippen LogP contribution in [0.25, 0.3) is 0 Å². The van der Waals surface area contributed by atoms with Crippen molar-refractivity contribution in [3.05, 3.63) is 53.6 Å². The molecule has 0 unspecified atom stereocenters. The van der Waals surface area contributed by atoms with Gasteiger partial charge in [0, 0.05) is 4.90 Å². The lowest BCUT2D eigenvalue weighted by atomic mass is 10.1. The van der Waals surface area contributed by atoms with Gasteiger partial charge < -0.3 is 14.2 Å². The maximum Gasteiger partial charge on any atom is 0.338 e. The first-order chi connectivity index (χ1) is 13.9. The first-order valence-corrected chi connectivity index (χ1v) is 9.46. The molecule has 0 bridgehead atoms. The monoisotopic (exact) mass is 415 g/mol. The maximum absolute atomic E-state index is 12.5. The molecule has 0 N–H and O–H groups in total. The molecule has 8 nitrogen and oxygen atoms in total. The molecule has 3 rings (SSSR count). The van der Waals surface area contributed by atoms with Gasteiger partial charge in [-0.1, -0.05) is 12.1 Å². The van der Waals surface area contributed by atoms with Gasteiger partial charge in [-0.2, -0.15) is 0 Å². The first kappa shape index (κ1) is 20.4. The quantitative estimate of drug-likeness (QED) is 0.542. The summed E-state index contributed by atoms with van der Waals surface area (Å²) in [6.45, 7) is -0.313. The van der Waals surface area contributed by atoms with Crippen molar-refractivity contribution in [3.8, 4) is 5.75 Å². The number of benzene rings is 2. The van der Waals surface area contributed by atoms with Crippen LogP contribution in [-0.4, -0.2) is 50.3 Å². The number of anilines is 1. The Bertz CT molecular complexity index is 954. The fourth-order valence-electron chi connectivity index (χ4n) is 2.75. The molecule has 29 heavy (non-hydrogen) atoms. The molecule has 0 aromatic heterocycles. The molecule has 2 aromatic carbocycles. The summed E-state index contributed by atoms with van der Waals surface area (Å²) in [6.07, 6.45) is 0. The summed E-state index contributed by atoms with van der Waals surface area (Å²) in [4.78, 5) is 50.7. The second-order valence-corrected chi connectivity index (χ2v) is 6.96. The van der Waals surface area contributed by atoms with Crippen molar-refractivity contribution in [3.63, 3.8) is 0 Å². The van der Waals surface area contributed by atoms with Gasteiger partial charge in [0.15, 0.2) is 0 Å². The molecular formula is C20H17NO7S. The molecule has 1 aliphatic heterocycles. The normalized spacial score (nSPS) is 12.8. The predicted octanol–water partition coefficient (Wildman–Crippen LogP) is 2.30. The van der Waals surface area contributed by atoms with Crippen molar-refractivity contribution < 1.29 is 33.4 Å². The zero-order valence-corrected chi connectivity index (χ0v) is 16.5. The Morgan fingerprint density at radius 2 is 1.62 bits per heavy atom. The van der Waals surface area contributed by atoms with Gasteiger partial charge in [0.05, 0.1) is 36.8 Å². The Labute approximate surface area is 170 Å². The number of hydrogen-bond acceptors (Lipinski definition) is 8. The molecule has 1 amide bonds. The van der Waals surface area contributed by atoms with Gasteiger partial charge in [-0.15, -0.1) is 11.8 Å². The average molecular weight is 415 g/mol. The Morgan fingerprint density at radius 1 is 1.00 bits per heavy atom. The number of thioether (sulfide) groups is 1. The number of carbonyl (C=O) groups is 4. The van der Waals surface area contributed by atoms with Gasteiger partial charge in [0.25, 0.3) is 0 Å². The Morgan fingerprint density at radius 3 is 2.24 bits per heavy atom. The summed E-state index contributed by atoms with van der Waals surface area (Å²) in [5.74, 6) is -2.17. The van der Waals surface area contributed by atoms with E-state index in [-0.39, 0.29) is 35.1 Å². The smallest absolute Gasteiger partial charge is 0.338 e. The zero-order chi connectivity index (χ0) is 21.0. The third kappa shape index (κ3) is 4.57. The zero-order valence-electron chi connectivity index (χ0n) is 15.7. The Kier molecular flexibility index (Phi) is 6.18. The second kappa shape index (κ2) is 8.78. The average Bonchev–Trinajstić information content (AvgIpc) is 2.74. The topological polar surface area (TPSA) is 99.2 Å². The van der Waals surface area contributed by atoms with Crippen LogP contribution < -0.4 is 9.64 Å². The van der Waals surface area contributed by atoms with Gasteiger partial charge in [0.2, 0.25) is 5.91 Å². The molecule has 0 aliphatic carbocycles. The first-order valence-electron chi connectivity index (χ1n) is 8.47. The van der Waals surface area contributed by atoms with E-state index in [1.54, 1.807) is 12.1 Å². The number of amides is 1. The third-order valence-electron chi connectivity index (χ3n) is 4.08. The predicted molar refractivity (Wildman–Crippen MR) is 104 cm³/mol. The minimum Gasteiger partial charge on any atom is -0.465 e. The highest BCUT2D eigenvalue weighted by molar-refractivity contribution is 8.00.